The van der Waals surface area contributed by atoms with Crippen LogP contribution in [0.2, 0.25) is 0 Å². The minimum Gasteiger partial charge on any atom is -0.309 e. The molecule has 0 atom stereocenters. The molecule has 0 spiro atoms. The first-order chi connectivity index (χ1) is 22.3. The van der Waals surface area contributed by atoms with Gasteiger partial charge in [-0.05, 0) is 41.0 Å². The van der Waals surface area contributed by atoms with Gasteiger partial charge in [0.25, 0.3) is 0 Å². The molecular formula is C43H30N2. The molecular weight excluding hydrogens is 544 g/mol. The van der Waals surface area contributed by atoms with Gasteiger partial charge in [-0.3, -0.25) is 0 Å². The van der Waals surface area contributed by atoms with Crippen molar-refractivity contribution in [2.24, 2.45) is 4.99 Å². The van der Waals surface area contributed by atoms with Crippen LogP contribution >= 0.6 is 0 Å². The molecule has 0 saturated heterocycles. The molecule has 8 aromatic rings. The second kappa shape index (κ2) is 11.6. The number of nitrogens with zero attached hydrogens (tertiary/aromatic N) is 2. The average Bonchev–Trinajstić information content (AvgIpc) is 3.47. The van der Waals surface area contributed by atoms with Crippen LogP contribution in [0.4, 0.5) is 5.69 Å². The van der Waals surface area contributed by atoms with Crippen molar-refractivity contribution in [2.75, 3.05) is 0 Å². The Bertz CT molecular complexity index is 2240. The van der Waals surface area contributed by atoms with Crippen LogP contribution in [0.15, 0.2) is 187 Å². The van der Waals surface area contributed by atoms with Crippen LogP contribution < -0.4 is 0 Å². The van der Waals surface area contributed by atoms with Gasteiger partial charge < -0.3 is 4.57 Å². The molecule has 0 aliphatic carbocycles. The second-order valence-corrected chi connectivity index (χ2v) is 11.2. The smallest absolute Gasteiger partial charge is 0.0816 e. The molecule has 45 heavy (non-hydrogen) atoms. The summed E-state index contributed by atoms with van der Waals surface area (Å²) in [7, 11) is 0. The maximum atomic E-state index is 5.63. The Labute approximate surface area is 263 Å². The number of aromatic nitrogens is 1. The fraction of sp³-hybridized carbons (Fsp3) is 0. The van der Waals surface area contributed by atoms with E-state index in [1.807, 2.05) is 0 Å². The van der Waals surface area contributed by atoms with Crippen LogP contribution in [0.5, 0.6) is 0 Å². The molecule has 0 N–H and O–H groups in total. The number of hydrogen-bond donors (Lipinski definition) is 0. The van der Waals surface area contributed by atoms with E-state index in [2.05, 4.69) is 187 Å². The van der Waals surface area contributed by atoms with Crippen molar-refractivity contribution in [2.45, 2.75) is 0 Å². The molecule has 1 aromatic heterocycles. The lowest BCUT2D eigenvalue weighted by Crippen LogP contribution is -2.03. The van der Waals surface area contributed by atoms with Crippen molar-refractivity contribution in [1.82, 2.24) is 4.57 Å². The van der Waals surface area contributed by atoms with E-state index >= 15 is 0 Å². The topological polar surface area (TPSA) is 17.3 Å². The Kier molecular flexibility index (Phi) is 6.86. The molecule has 2 heteroatoms. The van der Waals surface area contributed by atoms with E-state index in [9.17, 15) is 0 Å². The van der Waals surface area contributed by atoms with Gasteiger partial charge in [-0.1, -0.05) is 158 Å². The fourth-order valence-corrected chi connectivity index (χ4v) is 6.34. The third-order valence-electron chi connectivity index (χ3n) is 8.43. The molecule has 2 nitrogen and oxygen atoms in total. The zero-order valence-electron chi connectivity index (χ0n) is 24.7. The molecule has 1 heterocycles. The van der Waals surface area contributed by atoms with Gasteiger partial charge in [0.1, 0.15) is 0 Å². The highest BCUT2D eigenvalue weighted by Gasteiger charge is 2.20. The third kappa shape index (κ3) is 4.93. The lowest BCUT2D eigenvalue weighted by molar-refractivity contribution is 1.18. The average molecular weight is 575 g/mol. The highest BCUT2D eigenvalue weighted by atomic mass is 15.0. The molecule has 7 aromatic carbocycles. The Hall–Kier alpha value is -5.99. The normalized spacial score (nSPS) is 11.1. The fourth-order valence-electron chi connectivity index (χ4n) is 6.34. The van der Waals surface area contributed by atoms with Gasteiger partial charge in [-0.15, -0.1) is 0 Å². The summed E-state index contributed by atoms with van der Waals surface area (Å²) in [5, 5.41) is 2.32. The van der Waals surface area contributed by atoms with Crippen LogP contribution in [-0.2, 0) is 0 Å². The Morgan fingerprint density at radius 2 is 0.978 bits per heavy atom. The Balaban J connectivity index is 1.47. The summed E-state index contributed by atoms with van der Waals surface area (Å²) in [6.07, 6.45) is 0. The second-order valence-electron chi connectivity index (χ2n) is 11.2. The maximum absolute atomic E-state index is 5.63. The number of para-hydroxylation sites is 1. The highest BCUT2D eigenvalue weighted by Crippen LogP contribution is 2.44. The minimum atomic E-state index is 0.948. The summed E-state index contributed by atoms with van der Waals surface area (Å²) in [4.78, 5) is 5.63. The van der Waals surface area contributed by atoms with Crippen molar-refractivity contribution < 1.29 is 0 Å². The maximum Gasteiger partial charge on any atom is 0.0816 e. The number of rotatable bonds is 6. The van der Waals surface area contributed by atoms with Gasteiger partial charge in [0.15, 0.2) is 0 Å². The van der Waals surface area contributed by atoms with Crippen molar-refractivity contribution >= 4 is 33.2 Å². The van der Waals surface area contributed by atoms with Gasteiger partial charge in [-0.25, -0.2) is 4.99 Å². The standard InChI is InChI=1S/C43H30N2/c1-5-16-31(17-6-1)35-24-15-25-36(30-35)45-39-27-14-13-26-38(39)41-40(45)29-28-37(32-18-7-2-8-19-32)43(41)44-42(33-20-9-3-10-21-33)34-22-11-4-12-23-34/h1-30H. The summed E-state index contributed by atoms with van der Waals surface area (Å²) in [5.41, 5.74) is 12.1. The van der Waals surface area contributed by atoms with Crippen molar-refractivity contribution in [3.8, 4) is 27.9 Å². The van der Waals surface area contributed by atoms with Crippen LogP contribution in [0, 0.1) is 0 Å². The van der Waals surface area contributed by atoms with E-state index in [0.717, 1.165) is 55.8 Å². The third-order valence-corrected chi connectivity index (χ3v) is 8.43. The SMILES string of the molecule is c1ccc(C(=Nc2c(-c3ccccc3)ccc3c2c2ccccc2n3-c2cccc(-c3ccccc3)c2)c2ccccc2)cc1. The van der Waals surface area contributed by atoms with Crippen molar-refractivity contribution in [3.63, 3.8) is 0 Å². The number of benzene rings is 7. The first-order valence-electron chi connectivity index (χ1n) is 15.3. The van der Waals surface area contributed by atoms with E-state index in [1.165, 1.54) is 16.5 Å². The largest absolute Gasteiger partial charge is 0.309 e. The van der Waals surface area contributed by atoms with Crippen LogP contribution in [0.1, 0.15) is 11.1 Å². The zero-order valence-corrected chi connectivity index (χ0v) is 24.7. The Morgan fingerprint density at radius 3 is 1.64 bits per heavy atom. The monoisotopic (exact) mass is 574 g/mol. The highest BCUT2D eigenvalue weighted by molar-refractivity contribution is 6.21. The van der Waals surface area contributed by atoms with Gasteiger partial charge in [0.2, 0.25) is 0 Å². The predicted octanol–water partition coefficient (Wildman–Crippen LogP) is 11.3. The first-order valence-corrected chi connectivity index (χ1v) is 15.3. The molecule has 0 bridgehead atoms. The van der Waals surface area contributed by atoms with E-state index in [0.29, 0.717) is 0 Å². The predicted molar refractivity (Wildman–Crippen MR) is 190 cm³/mol. The van der Waals surface area contributed by atoms with Crippen LogP contribution in [0.25, 0.3) is 49.7 Å². The van der Waals surface area contributed by atoms with Crippen molar-refractivity contribution in [1.29, 1.82) is 0 Å². The quantitative estimate of drug-likeness (QED) is 0.176. The molecule has 212 valence electrons. The molecule has 0 amide bonds. The molecule has 0 aliphatic rings. The van der Waals surface area contributed by atoms with E-state index in [1.54, 1.807) is 0 Å². The summed E-state index contributed by atoms with van der Waals surface area (Å²) >= 11 is 0. The molecule has 0 unspecified atom stereocenters. The summed E-state index contributed by atoms with van der Waals surface area (Å²) in [5.74, 6) is 0. The first kappa shape index (κ1) is 26.6. The number of aliphatic imine (C=N–C) groups is 1. The van der Waals surface area contributed by atoms with Crippen LogP contribution in [-0.4, -0.2) is 10.3 Å². The van der Waals surface area contributed by atoms with Gasteiger partial charge in [-0.2, -0.15) is 0 Å². The van der Waals surface area contributed by atoms with Gasteiger partial charge in [0.05, 0.1) is 22.4 Å². The van der Waals surface area contributed by atoms with Gasteiger partial charge >= 0.3 is 0 Å². The lowest BCUT2D eigenvalue weighted by atomic mass is 9.98. The van der Waals surface area contributed by atoms with Crippen LogP contribution in [0.3, 0.4) is 0 Å². The molecule has 8 rings (SSSR count). The van der Waals surface area contributed by atoms with Gasteiger partial charge in [0, 0.05) is 33.2 Å². The van der Waals surface area contributed by atoms with Crippen molar-refractivity contribution in [3.05, 3.63) is 193 Å². The number of fused-ring (bicyclic) bond motifs is 3. The summed E-state index contributed by atoms with van der Waals surface area (Å²) in [6, 6.07) is 64.2. The molecule has 0 aliphatic heterocycles. The molecule has 0 fully saturated rings. The minimum absolute atomic E-state index is 0.948. The number of hydrogen-bond acceptors (Lipinski definition) is 1. The summed E-state index contributed by atoms with van der Waals surface area (Å²) < 4.78 is 2.38. The lowest BCUT2D eigenvalue weighted by Gasteiger charge is -2.14. The Morgan fingerprint density at radius 1 is 0.422 bits per heavy atom. The zero-order chi connectivity index (χ0) is 30.0. The molecule has 0 saturated carbocycles. The summed E-state index contributed by atoms with van der Waals surface area (Å²) in [6.45, 7) is 0. The molecule has 0 radical (unpaired) electrons. The van der Waals surface area contributed by atoms with E-state index < -0.39 is 0 Å². The van der Waals surface area contributed by atoms with E-state index in [4.69, 9.17) is 4.99 Å². The van der Waals surface area contributed by atoms with E-state index in [-0.39, 0.29) is 0 Å².